The minimum Gasteiger partial charge on any atom is -0.323 e. The number of nitrogens with zero attached hydrogens (tertiary/aromatic N) is 2. The number of nitro benzene ring substituents is 1. The highest BCUT2D eigenvalue weighted by molar-refractivity contribution is 6.06. The Morgan fingerprint density at radius 1 is 1.19 bits per heavy atom. The molecule has 0 spiro atoms. The van der Waals surface area contributed by atoms with Crippen molar-refractivity contribution in [3.63, 3.8) is 0 Å². The van der Waals surface area contributed by atoms with Gasteiger partial charge in [-0.15, -0.1) is 0 Å². The van der Waals surface area contributed by atoms with E-state index in [1.54, 1.807) is 12.1 Å². The number of hydrogen-bond donors (Lipinski definition) is 2. The van der Waals surface area contributed by atoms with Crippen LogP contribution in [-0.4, -0.2) is 23.0 Å². The molecule has 0 saturated heterocycles. The quantitative estimate of drug-likeness (QED) is 0.357. The summed E-state index contributed by atoms with van der Waals surface area (Å²) in [4.78, 5) is 34.1. The Morgan fingerprint density at radius 2 is 1.92 bits per heavy atom. The molecular formula is C17H15FN4O4. The van der Waals surface area contributed by atoms with Crippen molar-refractivity contribution in [1.29, 1.82) is 0 Å². The number of hydrazone groups is 1. The first-order valence-corrected chi connectivity index (χ1v) is 7.51. The average Bonchev–Trinajstić information content (AvgIpc) is 2.63. The number of para-hydroxylation sites is 1. The molecule has 1 atom stereocenters. The maximum atomic E-state index is 13.5. The van der Waals surface area contributed by atoms with Crippen molar-refractivity contribution in [3.05, 3.63) is 70.0 Å². The first kappa shape index (κ1) is 18.7. The molecule has 0 aliphatic rings. The largest absolute Gasteiger partial charge is 0.323 e. The molecule has 1 unspecified atom stereocenters. The summed E-state index contributed by atoms with van der Waals surface area (Å²) in [5.74, 6) is -3.15. The Kier molecular flexibility index (Phi) is 6.10. The summed E-state index contributed by atoms with van der Waals surface area (Å²) < 4.78 is 13.5. The van der Waals surface area contributed by atoms with Crippen LogP contribution in [0, 0.1) is 21.8 Å². The second-order valence-corrected chi connectivity index (χ2v) is 5.28. The molecule has 134 valence electrons. The van der Waals surface area contributed by atoms with Gasteiger partial charge in [0.2, 0.25) is 5.91 Å². The van der Waals surface area contributed by atoms with E-state index in [1.165, 1.54) is 49.5 Å². The molecule has 9 heteroatoms. The lowest BCUT2D eigenvalue weighted by Gasteiger charge is -2.11. The number of nitro groups is 1. The lowest BCUT2D eigenvalue weighted by atomic mass is 10.1. The van der Waals surface area contributed by atoms with E-state index in [1.807, 2.05) is 0 Å². The number of halogens is 1. The van der Waals surface area contributed by atoms with Gasteiger partial charge in [0.1, 0.15) is 11.7 Å². The van der Waals surface area contributed by atoms with Crippen LogP contribution in [0.5, 0.6) is 0 Å². The second kappa shape index (κ2) is 8.47. The molecule has 2 rings (SSSR count). The van der Waals surface area contributed by atoms with Gasteiger partial charge in [-0.05, 0) is 19.1 Å². The van der Waals surface area contributed by atoms with Gasteiger partial charge >= 0.3 is 0 Å². The zero-order valence-electron chi connectivity index (χ0n) is 13.7. The van der Waals surface area contributed by atoms with Crippen LogP contribution in [0.2, 0.25) is 0 Å². The third-order valence-electron chi connectivity index (χ3n) is 3.39. The smallest absolute Gasteiger partial charge is 0.270 e. The van der Waals surface area contributed by atoms with Crippen LogP contribution in [0.4, 0.5) is 15.8 Å². The fourth-order valence-electron chi connectivity index (χ4n) is 1.91. The highest BCUT2D eigenvalue weighted by atomic mass is 19.1. The van der Waals surface area contributed by atoms with Crippen molar-refractivity contribution in [2.75, 3.05) is 5.32 Å². The molecule has 2 amide bonds. The zero-order valence-corrected chi connectivity index (χ0v) is 13.7. The number of hydrogen-bond acceptors (Lipinski definition) is 5. The summed E-state index contributed by atoms with van der Waals surface area (Å²) in [5, 5.41) is 16.7. The van der Waals surface area contributed by atoms with Crippen molar-refractivity contribution in [2.45, 2.75) is 6.92 Å². The highest BCUT2D eigenvalue weighted by Crippen LogP contribution is 2.14. The number of amides is 2. The Bertz CT molecular complexity index is 869. The lowest BCUT2D eigenvalue weighted by Crippen LogP contribution is -2.34. The Balaban J connectivity index is 1.94. The Morgan fingerprint density at radius 3 is 2.62 bits per heavy atom. The minimum atomic E-state index is -1.13. The number of benzene rings is 2. The maximum Gasteiger partial charge on any atom is 0.270 e. The topological polar surface area (TPSA) is 114 Å². The monoisotopic (exact) mass is 358 g/mol. The van der Waals surface area contributed by atoms with Gasteiger partial charge in [0, 0.05) is 17.7 Å². The van der Waals surface area contributed by atoms with E-state index < -0.39 is 28.5 Å². The van der Waals surface area contributed by atoms with Crippen molar-refractivity contribution < 1.29 is 18.9 Å². The van der Waals surface area contributed by atoms with Crippen LogP contribution >= 0.6 is 0 Å². The molecule has 0 aliphatic heterocycles. The van der Waals surface area contributed by atoms with Gasteiger partial charge < -0.3 is 5.32 Å². The van der Waals surface area contributed by atoms with Crippen molar-refractivity contribution in [3.8, 4) is 0 Å². The standard InChI is InChI=1S/C17H15FN4O4/c1-11(16(23)20-15-8-3-2-7-14(15)18)17(24)21-19-10-12-5-4-6-13(9-12)22(25)26/h2-11H,1H3,(H,20,23)(H,21,24). The van der Waals surface area contributed by atoms with Gasteiger partial charge in [0.25, 0.3) is 11.6 Å². The number of non-ortho nitro benzene ring substituents is 1. The minimum absolute atomic E-state index is 0.0303. The summed E-state index contributed by atoms with van der Waals surface area (Å²) in [6.45, 7) is 1.34. The van der Waals surface area contributed by atoms with Crippen molar-refractivity contribution in [1.82, 2.24) is 5.43 Å². The summed E-state index contributed by atoms with van der Waals surface area (Å²) in [5.41, 5.74) is 2.43. The third kappa shape index (κ3) is 4.94. The van der Waals surface area contributed by atoms with Crippen LogP contribution in [0.1, 0.15) is 12.5 Å². The molecule has 26 heavy (non-hydrogen) atoms. The normalized spacial score (nSPS) is 11.8. The Hall–Kier alpha value is -3.62. The number of carbonyl (C=O) groups is 2. The van der Waals surface area contributed by atoms with E-state index in [0.29, 0.717) is 5.56 Å². The van der Waals surface area contributed by atoms with Crippen molar-refractivity contribution in [2.24, 2.45) is 11.0 Å². The summed E-state index contributed by atoms with van der Waals surface area (Å²) in [6, 6.07) is 11.2. The van der Waals surface area contributed by atoms with E-state index in [-0.39, 0.29) is 11.4 Å². The van der Waals surface area contributed by atoms with Gasteiger partial charge in [0.15, 0.2) is 0 Å². The van der Waals surface area contributed by atoms with Crippen molar-refractivity contribution >= 4 is 29.4 Å². The fraction of sp³-hybridized carbons (Fsp3) is 0.118. The van der Waals surface area contributed by atoms with Gasteiger partial charge in [-0.1, -0.05) is 24.3 Å². The first-order valence-electron chi connectivity index (χ1n) is 7.51. The number of anilines is 1. The lowest BCUT2D eigenvalue weighted by molar-refractivity contribution is -0.384. The SMILES string of the molecule is CC(C(=O)NN=Cc1cccc([N+](=O)[O-])c1)C(=O)Nc1ccccc1F. The molecule has 0 saturated carbocycles. The molecule has 0 aromatic heterocycles. The number of carbonyl (C=O) groups excluding carboxylic acids is 2. The second-order valence-electron chi connectivity index (χ2n) is 5.28. The number of nitrogens with one attached hydrogen (secondary N) is 2. The van der Waals surface area contributed by atoms with Crippen LogP contribution in [0.3, 0.4) is 0 Å². The molecular weight excluding hydrogens is 343 g/mol. The molecule has 0 radical (unpaired) electrons. The molecule has 0 aliphatic carbocycles. The summed E-state index contributed by atoms with van der Waals surface area (Å²) >= 11 is 0. The van der Waals surface area contributed by atoms with E-state index in [2.05, 4.69) is 15.8 Å². The number of rotatable bonds is 6. The van der Waals surface area contributed by atoms with Crippen LogP contribution in [0.25, 0.3) is 0 Å². The van der Waals surface area contributed by atoms with Gasteiger partial charge in [-0.3, -0.25) is 19.7 Å². The van der Waals surface area contributed by atoms with E-state index in [9.17, 15) is 24.1 Å². The molecule has 0 heterocycles. The Labute approximate surface area is 147 Å². The van der Waals surface area contributed by atoms with Crippen LogP contribution < -0.4 is 10.7 Å². The zero-order chi connectivity index (χ0) is 19.1. The third-order valence-corrected chi connectivity index (χ3v) is 3.39. The molecule has 0 fully saturated rings. The highest BCUT2D eigenvalue weighted by Gasteiger charge is 2.22. The molecule has 8 nitrogen and oxygen atoms in total. The fourth-order valence-corrected chi connectivity index (χ4v) is 1.91. The van der Waals surface area contributed by atoms with E-state index >= 15 is 0 Å². The maximum absolute atomic E-state index is 13.5. The van der Waals surface area contributed by atoms with Gasteiger partial charge in [-0.25, -0.2) is 9.82 Å². The first-order chi connectivity index (χ1) is 12.4. The average molecular weight is 358 g/mol. The van der Waals surface area contributed by atoms with Crippen LogP contribution in [-0.2, 0) is 9.59 Å². The van der Waals surface area contributed by atoms with Gasteiger partial charge in [0.05, 0.1) is 16.8 Å². The molecule has 2 aromatic carbocycles. The van der Waals surface area contributed by atoms with Crippen LogP contribution in [0.15, 0.2) is 53.6 Å². The predicted molar refractivity (Wildman–Crippen MR) is 93.0 cm³/mol. The molecule has 0 bridgehead atoms. The predicted octanol–water partition coefficient (Wildman–Crippen LogP) is 2.46. The summed E-state index contributed by atoms with van der Waals surface area (Å²) in [6.07, 6.45) is 1.21. The van der Waals surface area contributed by atoms with E-state index in [4.69, 9.17) is 0 Å². The molecule has 2 N–H and O–H groups in total. The van der Waals surface area contributed by atoms with Gasteiger partial charge in [-0.2, -0.15) is 5.10 Å². The summed E-state index contributed by atoms with van der Waals surface area (Å²) in [7, 11) is 0. The molecule has 2 aromatic rings. The van der Waals surface area contributed by atoms with E-state index in [0.717, 1.165) is 0 Å².